The Morgan fingerprint density at radius 2 is 1.84 bits per heavy atom. The average molecular weight is 459 g/mol. The van der Waals surface area contributed by atoms with Gasteiger partial charge in [0.2, 0.25) is 15.9 Å². The number of aromatic nitrogens is 1. The van der Waals surface area contributed by atoms with Crippen LogP contribution in [0.15, 0.2) is 57.6 Å². The lowest BCUT2D eigenvalue weighted by atomic mass is 10.2. The van der Waals surface area contributed by atoms with Crippen LogP contribution in [0, 0.1) is 10.1 Å². The standard InChI is InChI=1S/C20H21N5O6S/c1-12-10-24(11-13(2)31-12)32(29,30)18-9-14(25(27)28)7-8-17(18)22-23-19-15-5-3-4-6-16(15)21-20(19)26/h3-9,12-13,21,26H,10-11H2,1-2H3/t12-,13-/m0/s1. The van der Waals surface area contributed by atoms with Crippen LogP contribution in [-0.2, 0) is 14.8 Å². The van der Waals surface area contributed by atoms with Crippen molar-refractivity contribution in [1.82, 2.24) is 9.29 Å². The number of nitro benzene ring substituents is 1. The second-order valence-corrected chi connectivity index (χ2v) is 9.46. The lowest BCUT2D eigenvalue weighted by molar-refractivity contribution is -0.385. The van der Waals surface area contributed by atoms with Gasteiger partial charge >= 0.3 is 0 Å². The van der Waals surface area contributed by atoms with E-state index in [1.807, 2.05) is 0 Å². The minimum atomic E-state index is -4.13. The summed E-state index contributed by atoms with van der Waals surface area (Å²) in [5.74, 6) is -0.225. The molecule has 168 valence electrons. The Bertz CT molecular complexity index is 1310. The third-order valence-corrected chi connectivity index (χ3v) is 6.94. The van der Waals surface area contributed by atoms with E-state index in [-0.39, 0.29) is 53.1 Å². The molecule has 12 heteroatoms. The maximum Gasteiger partial charge on any atom is 0.270 e. The quantitative estimate of drug-likeness (QED) is 0.334. The van der Waals surface area contributed by atoms with E-state index in [1.54, 1.807) is 38.1 Å². The summed E-state index contributed by atoms with van der Waals surface area (Å²) in [7, 11) is -4.13. The third kappa shape index (κ3) is 4.07. The SMILES string of the molecule is C[C@H]1CN(S(=O)(=O)c2cc([N+](=O)[O-])ccc2N=Nc2c(O)[nH]c3ccccc23)C[C@H](C)O1. The number of sulfonamides is 1. The van der Waals surface area contributed by atoms with Gasteiger partial charge in [0.15, 0.2) is 5.69 Å². The van der Waals surface area contributed by atoms with Gasteiger partial charge in [-0.2, -0.15) is 4.31 Å². The van der Waals surface area contributed by atoms with E-state index in [4.69, 9.17) is 4.74 Å². The minimum Gasteiger partial charge on any atom is -0.493 e. The Hall–Kier alpha value is -3.35. The highest BCUT2D eigenvalue weighted by molar-refractivity contribution is 7.89. The molecule has 11 nitrogen and oxygen atoms in total. The highest BCUT2D eigenvalue weighted by atomic mass is 32.2. The monoisotopic (exact) mass is 459 g/mol. The van der Waals surface area contributed by atoms with E-state index >= 15 is 0 Å². The number of nitro groups is 1. The van der Waals surface area contributed by atoms with Gasteiger partial charge in [0.25, 0.3) is 5.69 Å². The fraction of sp³-hybridized carbons (Fsp3) is 0.300. The molecule has 1 aromatic heterocycles. The zero-order valence-corrected chi connectivity index (χ0v) is 18.1. The van der Waals surface area contributed by atoms with Gasteiger partial charge < -0.3 is 14.8 Å². The largest absolute Gasteiger partial charge is 0.493 e. The van der Waals surface area contributed by atoms with Crippen LogP contribution in [-0.4, -0.2) is 53.0 Å². The molecule has 0 amide bonds. The number of H-pyrrole nitrogens is 1. The molecular weight excluding hydrogens is 438 g/mol. The van der Waals surface area contributed by atoms with Crippen molar-refractivity contribution >= 4 is 38.0 Å². The van der Waals surface area contributed by atoms with Crippen LogP contribution in [0.25, 0.3) is 10.9 Å². The van der Waals surface area contributed by atoms with Gasteiger partial charge in [-0.05, 0) is 26.0 Å². The molecule has 2 heterocycles. The van der Waals surface area contributed by atoms with E-state index in [0.29, 0.717) is 10.9 Å². The molecule has 0 unspecified atom stereocenters. The molecule has 3 aromatic rings. The van der Waals surface area contributed by atoms with Gasteiger partial charge in [0.1, 0.15) is 10.6 Å². The Labute approximate surface area is 183 Å². The highest BCUT2D eigenvalue weighted by Crippen LogP contribution is 2.38. The first kappa shape index (κ1) is 21.9. The maximum atomic E-state index is 13.4. The molecule has 1 saturated heterocycles. The van der Waals surface area contributed by atoms with Gasteiger partial charge in [0, 0.05) is 30.6 Å². The number of aromatic hydroxyl groups is 1. The van der Waals surface area contributed by atoms with Gasteiger partial charge in [-0.3, -0.25) is 10.1 Å². The van der Waals surface area contributed by atoms with Gasteiger partial charge in [0.05, 0.1) is 22.6 Å². The molecule has 1 aliphatic heterocycles. The van der Waals surface area contributed by atoms with Crippen molar-refractivity contribution in [2.75, 3.05) is 13.1 Å². The minimum absolute atomic E-state index is 0.0768. The molecule has 2 atom stereocenters. The summed E-state index contributed by atoms with van der Waals surface area (Å²) in [6.07, 6.45) is -0.666. The zero-order chi connectivity index (χ0) is 23.0. The topological polar surface area (TPSA) is 150 Å². The van der Waals surface area contributed by atoms with E-state index in [9.17, 15) is 23.6 Å². The second kappa shape index (κ2) is 8.30. The number of non-ortho nitro benzene ring substituents is 1. The summed E-state index contributed by atoms with van der Waals surface area (Å²) in [4.78, 5) is 13.1. The van der Waals surface area contributed by atoms with E-state index in [0.717, 1.165) is 12.1 Å². The first-order valence-corrected chi connectivity index (χ1v) is 11.3. The van der Waals surface area contributed by atoms with Crippen molar-refractivity contribution in [1.29, 1.82) is 0 Å². The van der Waals surface area contributed by atoms with E-state index in [2.05, 4.69) is 15.2 Å². The van der Waals surface area contributed by atoms with Crippen LogP contribution in [0.3, 0.4) is 0 Å². The lowest BCUT2D eigenvalue weighted by Gasteiger charge is -2.34. The molecule has 2 aromatic carbocycles. The fourth-order valence-corrected chi connectivity index (χ4v) is 5.42. The lowest BCUT2D eigenvalue weighted by Crippen LogP contribution is -2.48. The number of nitrogens with one attached hydrogen (secondary N) is 1. The number of morpholine rings is 1. The molecule has 4 rings (SSSR count). The van der Waals surface area contributed by atoms with Gasteiger partial charge in [-0.25, -0.2) is 8.42 Å². The summed E-state index contributed by atoms with van der Waals surface area (Å²) in [6, 6.07) is 10.4. The molecular formula is C20H21N5O6S. The maximum absolute atomic E-state index is 13.4. The highest BCUT2D eigenvalue weighted by Gasteiger charge is 2.34. The van der Waals surface area contributed by atoms with Crippen LogP contribution in [0.2, 0.25) is 0 Å². The van der Waals surface area contributed by atoms with E-state index in [1.165, 1.54) is 10.4 Å². The summed E-state index contributed by atoms with van der Waals surface area (Å²) in [5.41, 5.74) is 0.307. The Balaban J connectivity index is 1.80. The molecule has 0 saturated carbocycles. The smallest absolute Gasteiger partial charge is 0.270 e. The summed E-state index contributed by atoms with van der Waals surface area (Å²) < 4.78 is 33.6. The predicted octanol–water partition coefficient (Wildman–Crippen LogP) is 4.00. The molecule has 2 N–H and O–H groups in total. The van der Waals surface area contributed by atoms with Crippen molar-refractivity contribution in [2.24, 2.45) is 10.2 Å². The number of fused-ring (bicyclic) bond motifs is 1. The molecule has 0 radical (unpaired) electrons. The summed E-state index contributed by atoms with van der Waals surface area (Å²) in [6.45, 7) is 3.72. The molecule has 0 spiro atoms. The first-order chi connectivity index (χ1) is 15.2. The van der Waals surface area contributed by atoms with Crippen LogP contribution < -0.4 is 0 Å². The second-order valence-electron chi connectivity index (χ2n) is 7.56. The van der Waals surface area contributed by atoms with Crippen LogP contribution >= 0.6 is 0 Å². The summed E-state index contributed by atoms with van der Waals surface area (Å²) in [5, 5.41) is 30.2. The molecule has 0 bridgehead atoms. The van der Waals surface area contributed by atoms with Crippen molar-refractivity contribution in [3.8, 4) is 5.88 Å². The van der Waals surface area contributed by atoms with Gasteiger partial charge in [-0.1, -0.05) is 18.2 Å². The van der Waals surface area contributed by atoms with Crippen molar-refractivity contribution in [3.63, 3.8) is 0 Å². The fourth-order valence-electron chi connectivity index (χ4n) is 3.69. The van der Waals surface area contributed by atoms with Crippen molar-refractivity contribution in [3.05, 3.63) is 52.6 Å². The van der Waals surface area contributed by atoms with E-state index < -0.39 is 14.9 Å². The number of para-hydroxylation sites is 1. The zero-order valence-electron chi connectivity index (χ0n) is 17.3. The molecule has 0 aliphatic carbocycles. The predicted molar refractivity (Wildman–Crippen MR) is 116 cm³/mol. The normalized spacial score (nSPS) is 20.2. The number of aromatic amines is 1. The molecule has 1 aliphatic rings. The number of azo groups is 1. The van der Waals surface area contributed by atoms with Crippen LogP contribution in [0.4, 0.5) is 17.1 Å². The van der Waals surface area contributed by atoms with Crippen LogP contribution in [0.1, 0.15) is 13.8 Å². The van der Waals surface area contributed by atoms with Crippen LogP contribution in [0.5, 0.6) is 5.88 Å². The molecule has 32 heavy (non-hydrogen) atoms. The number of benzene rings is 2. The number of hydrogen-bond donors (Lipinski definition) is 2. The Kier molecular flexibility index (Phi) is 5.67. The summed E-state index contributed by atoms with van der Waals surface area (Å²) >= 11 is 0. The average Bonchev–Trinajstić information content (AvgIpc) is 3.06. The first-order valence-electron chi connectivity index (χ1n) is 9.82. The number of rotatable bonds is 5. The van der Waals surface area contributed by atoms with Gasteiger partial charge in [-0.15, -0.1) is 10.2 Å². The van der Waals surface area contributed by atoms with Crippen molar-refractivity contribution < 1.29 is 23.2 Å². The Morgan fingerprint density at radius 1 is 1.16 bits per heavy atom. The van der Waals surface area contributed by atoms with Crippen molar-refractivity contribution in [2.45, 2.75) is 31.0 Å². The number of nitrogens with zero attached hydrogens (tertiary/aromatic N) is 4. The number of ether oxygens (including phenoxy) is 1. The number of hydrogen-bond acceptors (Lipinski definition) is 8. The molecule has 1 fully saturated rings. The third-order valence-electron chi connectivity index (χ3n) is 5.08. The Morgan fingerprint density at radius 3 is 2.53 bits per heavy atom.